The maximum Gasteiger partial charge on any atom is 0.113 e. The van der Waals surface area contributed by atoms with Crippen LogP contribution in [0.3, 0.4) is 0 Å². The Morgan fingerprint density at radius 1 is 0.889 bits per heavy atom. The van der Waals surface area contributed by atoms with E-state index in [9.17, 15) is 0 Å². The summed E-state index contributed by atoms with van der Waals surface area (Å²) in [7, 11) is 2.12. The smallest absolute Gasteiger partial charge is 0.113 e. The first-order valence-electron chi connectivity index (χ1n) is 9.40. The minimum absolute atomic E-state index is 0.196. The van der Waals surface area contributed by atoms with Gasteiger partial charge in [0.1, 0.15) is 5.82 Å². The molecule has 0 radical (unpaired) electrons. The second-order valence-electron chi connectivity index (χ2n) is 6.99. The number of imidazole rings is 1. The molecule has 2 heteroatoms. The number of hydrogen-bond acceptors (Lipinski definition) is 1. The van der Waals surface area contributed by atoms with E-state index in [-0.39, 0.29) is 11.8 Å². The van der Waals surface area contributed by atoms with Crippen molar-refractivity contribution in [3.8, 4) is 0 Å². The highest BCUT2D eigenvalue weighted by atomic mass is 15.1. The number of rotatable bonds is 6. The highest BCUT2D eigenvalue weighted by Crippen LogP contribution is 2.37. The van der Waals surface area contributed by atoms with E-state index in [0.29, 0.717) is 0 Å². The van der Waals surface area contributed by atoms with Crippen LogP contribution in [0.1, 0.15) is 28.8 Å². The lowest BCUT2D eigenvalue weighted by Gasteiger charge is -2.25. The van der Waals surface area contributed by atoms with E-state index in [1.54, 1.807) is 0 Å². The fraction of sp³-hybridized carbons (Fsp3) is 0.160. The SMILES string of the molecule is C=CC(c1ccccc1)C(Cc1ccccc1)c1nc2ccccc2n1C. The number of aromatic nitrogens is 2. The lowest BCUT2D eigenvalue weighted by molar-refractivity contribution is 0.562. The Labute approximate surface area is 160 Å². The topological polar surface area (TPSA) is 17.8 Å². The van der Waals surface area contributed by atoms with Gasteiger partial charge in [-0.3, -0.25) is 0 Å². The number of fused-ring (bicyclic) bond motifs is 1. The summed E-state index contributed by atoms with van der Waals surface area (Å²) < 4.78 is 2.24. The van der Waals surface area contributed by atoms with Gasteiger partial charge in [-0.25, -0.2) is 4.98 Å². The summed E-state index contributed by atoms with van der Waals surface area (Å²) in [6.45, 7) is 4.17. The Morgan fingerprint density at radius 2 is 1.52 bits per heavy atom. The third kappa shape index (κ3) is 3.43. The molecule has 4 aromatic rings. The molecule has 0 aliphatic carbocycles. The van der Waals surface area contributed by atoms with E-state index in [1.807, 2.05) is 6.07 Å². The molecule has 1 aromatic heterocycles. The monoisotopic (exact) mass is 352 g/mol. The van der Waals surface area contributed by atoms with Crippen molar-refractivity contribution >= 4 is 11.0 Å². The van der Waals surface area contributed by atoms with Gasteiger partial charge in [0.05, 0.1) is 11.0 Å². The van der Waals surface area contributed by atoms with E-state index in [0.717, 1.165) is 17.8 Å². The zero-order chi connectivity index (χ0) is 18.6. The fourth-order valence-corrected chi connectivity index (χ4v) is 3.95. The van der Waals surface area contributed by atoms with Crippen molar-refractivity contribution in [2.45, 2.75) is 18.3 Å². The minimum Gasteiger partial charge on any atom is -0.331 e. The molecule has 0 amide bonds. The van der Waals surface area contributed by atoms with Gasteiger partial charge in [0.25, 0.3) is 0 Å². The van der Waals surface area contributed by atoms with Crippen LogP contribution in [0.15, 0.2) is 97.6 Å². The van der Waals surface area contributed by atoms with Gasteiger partial charge in [0.15, 0.2) is 0 Å². The van der Waals surface area contributed by atoms with Crippen LogP contribution in [0.4, 0.5) is 0 Å². The average Bonchev–Trinajstić information content (AvgIpc) is 3.06. The van der Waals surface area contributed by atoms with Crippen molar-refractivity contribution in [2.75, 3.05) is 0 Å². The van der Waals surface area contributed by atoms with Crippen molar-refractivity contribution < 1.29 is 0 Å². The lowest BCUT2D eigenvalue weighted by Crippen LogP contribution is -2.16. The van der Waals surface area contributed by atoms with Crippen molar-refractivity contribution in [3.05, 3.63) is 115 Å². The fourth-order valence-electron chi connectivity index (χ4n) is 3.95. The Kier molecular flexibility index (Phi) is 4.88. The van der Waals surface area contributed by atoms with Crippen LogP contribution in [0.2, 0.25) is 0 Å². The highest BCUT2D eigenvalue weighted by molar-refractivity contribution is 5.76. The Bertz CT molecular complexity index is 1030. The van der Waals surface area contributed by atoms with Gasteiger partial charge in [-0.1, -0.05) is 78.9 Å². The summed E-state index contributed by atoms with van der Waals surface area (Å²) in [4.78, 5) is 5.02. The minimum atomic E-state index is 0.196. The third-order valence-electron chi connectivity index (χ3n) is 5.32. The molecule has 134 valence electrons. The molecule has 27 heavy (non-hydrogen) atoms. The molecular formula is C25H24N2. The van der Waals surface area contributed by atoms with Crippen LogP contribution in [-0.4, -0.2) is 9.55 Å². The summed E-state index contributed by atoms with van der Waals surface area (Å²) in [5, 5.41) is 0. The van der Waals surface area contributed by atoms with Crippen LogP contribution in [0.25, 0.3) is 11.0 Å². The molecule has 0 N–H and O–H groups in total. The number of benzene rings is 3. The molecule has 0 aliphatic heterocycles. The summed E-state index contributed by atoms with van der Waals surface area (Å²) in [5.74, 6) is 1.51. The maximum absolute atomic E-state index is 5.02. The molecule has 4 rings (SSSR count). The van der Waals surface area contributed by atoms with Crippen LogP contribution in [-0.2, 0) is 13.5 Å². The first-order chi connectivity index (χ1) is 13.3. The highest BCUT2D eigenvalue weighted by Gasteiger charge is 2.27. The Balaban J connectivity index is 1.84. The molecule has 2 atom stereocenters. The predicted molar refractivity (Wildman–Crippen MR) is 113 cm³/mol. The van der Waals surface area contributed by atoms with Gasteiger partial charge in [-0.2, -0.15) is 0 Å². The van der Waals surface area contributed by atoms with Crippen LogP contribution < -0.4 is 0 Å². The van der Waals surface area contributed by atoms with Crippen molar-refractivity contribution in [3.63, 3.8) is 0 Å². The second-order valence-corrected chi connectivity index (χ2v) is 6.99. The zero-order valence-electron chi connectivity index (χ0n) is 15.6. The molecule has 0 bridgehead atoms. The number of nitrogens with zero attached hydrogens (tertiary/aromatic N) is 2. The molecule has 1 heterocycles. The maximum atomic E-state index is 5.02. The molecule has 2 nitrogen and oxygen atoms in total. The Morgan fingerprint density at radius 3 is 2.19 bits per heavy atom. The quantitative estimate of drug-likeness (QED) is 0.397. The van der Waals surface area contributed by atoms with Gasteiger partial charge in [-0.15, -0.1) is 6.58 Å². The standard InChI is InChI=1S/C25H24N2/c1-3-21(20-14-8-5-9-15-20)22(18-19-12-6-4-7-13-19)25-26-23-16-10-11-17-24(23)27(25)2/h3-17,21-22H,1,18H2,2H3. The van der Waals surface area contributed by atoms with Crippen molar-refractivity contribution in [1.29, 1.82) is 0 Å². The summed E-state index contributed by atoms with van der Waals surface area (Å²) in [6, 6.07) is 29.6. The summed E-state index contributed by atoms with van der Waals surface area (Å²) in [6.07, 6.45) is 2.99. The molecule has 0 saturated carbocycles. The van der Waals surface area contributed by atoms with E-state index in [4.69, 9.17) is 4.98 Å². The van der Waals surface area contributed by atoms with E-state index < -0.39 is 0 Å². The van der Waals surface area contributed by atoms with E-state index in [1.165, 1.54) is 16.6 Å². The summed E-state index contributed by atoms with van der Waals surface area (Å²) in [5.41, 5.74) is 4.81. The lowest BCUT2D eigenvalue weighted by atomic mass is 9.81. The van der Waals surface area contributed by atoms with Crippen LogP contribution in [0, 0.1) is 0 Å². The van der Waals surface area contributed by atoms with Gasteiger partial charge in [0, 0.05) is 18.9 Å². The Hall–Kier alpha value is -3.13. The van der Waals surface area contributed by atoms with E-state index >= 15 is 0 Å². The molecule has 0 fully saturated rings. The van der Waals surface area contributed by atoms with Gasteiger partial charge >= 0.3 is 0 Å². The molecule has 2 unspecified atom stereocenters. The molecule has 0 saturated heterocycles. The molecular weight excluding hydrogens is 328 g/mol. The second kappa shape index (κ2) is 7.63. The number of para-hydroxylation sites is 2. The van der Waals surface area contributed by atoms with Crippen molar-refractivity contribution in [2.24, 2.45) is 7.05 Å². The van der Waals surface area contributed by atoms with E-state index in [2.05, 4.69) is 103 Å². The average molecular weight is 352 g/mol. The summed E-state index contributed by atoms with van der Waals surface area (Å²) >= 11 is 0. The van der Waals surface area contributed by atoms with Gasteiger partial charge < -0.3 is 4.57 Å². The molecule has 3 aromatic carbocycles. The number of aryl methyl sites for hydroxylation is 1. The van der Waals surface area contributed by atoms with Crippen LogP contribution in [0.5, 0.6) is 0 Å². The zero-order valence-corrected chi connectivity index (χ0v) is 15.6. The number of hydrogen-bond donors (Lipinski definition) is 0. The van der Waals surface area contributed by atoms with Crippen molar-refractivity contribution in [1.82, 2.24) is 9.55 Å². The first kappa shape index (κ1) is 17.3. The normalized spacial score (nSPS) is 13.4. The number of allylic oxidation sites excluding steroid dienone is 1. The van der Waals surface area contributed by atoms with Crippen LogP contribution >= 0.6 is 0 Å². The first-order valence-corrected chi connectivity index (χ1v) is 9.40. The largest absolute Gasteiger partial charge is 0.331 e. The predicted octanol–water partition coefficient (Wildman–Crippen LogP) is 5.87. The molecule has 0 spiro atoms. The van der Waals surface area contributed by atoms with Gasteiger partial charge in [0.2, 0.25) is 0 Å². The molecule has 0 aliphatic rings. The van der Waals surface area contributed by atoms with Gasteiger partial charge in [-0.05, 0) is 29.7 Å². The third-order valence-corrected chi connectivity index (χ3v) is 5.32.